The highest BCUT2D eigenvalue weighted by Gasteiger charge is 2.11. The Morgan fingerprint density at radius 3 is 2.28 bits per heavy atom. The minimum atomic E-state index is -1.00. The maximum Gasteiger partial charge on any atom is 0.335 e. The summed E-state index contributed by atoms with van der Waals surface area (Å²) in [5.74, 6) is -1.36. The number of aromatic hydroxyl groups is 2. The molecule has 6 nitrogen and oxygen atoms in total. The summed E-state index contributed by atoms with van der Waals surface area (Å²) in [7, 11) is 0. The summed E-state index contributed by atoms with van der Waals surface area (Å²) in [5, 5.41) is 27.9. The van der Waals surface area contributed by atoms with Gasteiger partial charge in [-0.2, -0.15) is 0 Å². The van der Waals surface area contributed by atoms with Crippen LogP contribution in [0.2, 0.25) is 0 Å². The number of nitrogens with zero attached hydrogens (tertiary/aromatic N) is 1. The van der Waals surface area contributed by atoms with Gasteiger partial charge in [-0.3, -0.25) is 4.57 Å². The molecule has 0 amide bonds. The van der Waals surface area contributed by atoms with Crippen molar-refractivity contribution >= 4 is 11.7 Å². The van der Waals surface area contributed by atoms with E-state index < -0.39 is 5.97 Å². The van der Waals surface area contributed by atoms with Crippen LogP contribution >= 0.6 is 0 Å². The van der Waals surface area contributed by atoms with Crippen LogP contribution in [-0.4, -0.2) is 25.9 Å². The molecule has 0 aliphatic heterocycles. The number of hydrogen-bond donors (Lipinski definition) is 4. The number of carboxylic acid groups (broad SMARTS) is 1. The molecule has 2 aromatic rings. The van der Waals surface area contributed by atoms with Gasteiger partial charge in [-0.15, -0.1) is 0 Å². The van der Waals surface area contributed by atoms with Crippen molar-refractivity contribution in [3.05, 3.63) is 41.5 Å². The van der Waals surface area contributed by atoms with Gasteiger partial charge in [-0.05, 0) is 17.7 Å². The van der Waals surface area contributed by atoms with Crippen LogP contribution in [0.3, 0.4) is 0 Å². The van der Waals surface area contributed by atoms with Crippen LogP contribution in [0.5, 0.6) is 11.8 Å². The predicted molar refractivity (Wildman–Crippen MR) is 64.7 cm³/mol. The summed E-state index contributed by atoms with van der Waals surface area (Å²) in [6, 6.07) is 7.38. The molecule has 0 spiro atoms. The Balaban J connectivity index is 2.26. The van der Waals surface area contributed by atoms with Gasteiger partial charge in [0.2, 0.25) is 5.88 Å². The number of carbonyl (C=O) groups is 1. The number of nitrogen functional groups attached to an aromatic ring is 1. The molecule has 1 aromatic heterocycles. The van der Waals surface area contributed by atoms with Crippen molar-refractivity contribution in [1.29, 1.82) is 0 Å². The van der Waals surface area contributed by atoms with Crippen molar-refractivity contribution in [2.75, 3.05) is 5.73 Å². The van der Waals surface area contributed by atoms with Crippen molar-refractivity contribution in [1.82, 2.24) is 4.57 Å². The first-order valence-electron chi connectivity index (χ1n) is 5.18. The van der Waals surface area contributed by atoms with Crippen LogP contribution in [0.25, 0.3) is 0 Å². The fourth-order valence-corrected chi connectivity index (χ4v) is 1.64. The molecule has 0 aliphatic carbocycles. The summed E-state index contributed by atoms with van der Waals surface area (Å²) in [6.07, 6.45) is 0. The van der Waals surface area contributed by atoms with Gasteiger partial charge < -0.3 is 21.1 Å². The van der Waals surface area contributed by atoms with Crippen molar-refractivity contribution in [3.8, 4) is 11.8 Å². The fraction of sp³-hybridized carbons (Fsp3) is 0.0833. The monoisotopic (exact) mass is 248 g/mol. The maximum absolute atomic E-state index is 10.7. The SMILES string of the molecule is Nc1cc(O)n(Cc2ccc(C(=O)O)cc2)c1O. The summed E-state index contributed by atoms with van der Waals surface area (Å²) in [4.78, 5) is 10.7. The van der Waals surface area contributed by atoms with E-state index in [-0.39, 0.29) is 29.6 Å². The third-order valence-corrected chi connectivity index (χ3v) is 2.62. The normalized spacial score (nSPS) is 10.4. The second kappa shape index (κ2) is 4.33. The number of nitrogens with two attached hydrogens (primary N) is 1. The Hall–Kier alpha value is -2.63. The topological polar surface area (TPSA) is 109 Å². The summed E-state index contributed by atoms with van der Waals surface area (Å²) in [5.41, 5.74) is 6.46. The largest absolute Gasteiger partial charge is 0.494 e. The molecule has 0 saturated carbocycles. The number of carboxylic acids is 1. The predicted octanol–water partition coefficient (Wildman–Crippen LogP) is 1.23. The second-order valence-corrected chi connectivity index (χ2v) is 3.87. The highest BCUT2D eigenvalue weighted by atomic mass is 16.4. The molecule has 0 radical (unpaired) electrons. The Bertz CT molecular complexity index is 587. The van der Waals surface area contributed by atoms with Crippen LogP contribution in [0.4, 0.5) is 5.69 Å². The van der Waals surface area contributed by atoms with Gasteiger partial charge in [-0.1, -0.05) is 12.1 Å². The first-order valence-corrected chi connectivity index (χ1v) is 5.18. The van der Waals surface area contributed by atoms with Crippen molar-refractivity contribution in [3.63, 3.8) is 0 Å². The lowest BCUT2D eigenvalue weighted by atomic mass is 10.1. The average Bonchev–Trinajstić information content (AvgIpc) is 2.57. The lowest BCUT2D eigenvalue weighted by Gasteiger charge is -2.07. The summed E-state index contributed by atoms with van der Waals surface area (Å²) in [6.45, 7) is 0.203. The molecule has 2 rings (SSSR count). The lowest BCUT2D eigenvalue weighted by molar-refractivity contribution is 0.0697. The molecule has 0 aliphatic rings. The van der Waals surface area contributed by atoms with Crippen molar-refractivity contribution < 1.29 is 20.1 Å². The molecule has 0 saturated heterocycles. The zero-order chi connectivity index (χ0) is 13.3. The van der Waals surface area contributed by atoms with Gasteiger partial charge in [0, 0.05) is 6.07 Å². The second-order valence-electron chi connectivity index (χ2n) is 3.87. The van der Waals surface area contributed by atoms with Gasteiger partial charge in [0.05, 0.1) is 17.8 Å². The first-order chi connectivity index (χ1) is 8.49. The third-order valence-electron chi connectivity index (χ3n) is 2.62. The zero-order valence-corrected chi connectivity index (χ0v) is 9.37. The van der Waals surface area contributed by atoms with E-state index in [9.17, 15) is 15.0 Å². The Morgan fingerprint density at radius 1 is 1.22 bits per heavy atom. The summed E-state index contributed by atoms with van der Waals surface area (Å²) < 4.78 is 1.23. The molecule has 1 aromatic carbocycles. The van der Waals surface area contributed by atoms with Gasteiger partial charge in [-0.25, -0.2) is 4.79 Å². The molecule has 0 unspecified atom stereocenters. The molecule has 5 N–H and O–H groups in total. The highest BCUT2D eigenvalue weighted by Crippen LogP contribution is 2.30. The number of anilines is 1. The van der Waals surface area contributed by atoms with Crippen LogP contribution < -0.4 is 5.73 Å². The smallest absolute Gasteiger partial charge is 0.335 e. The molecule has 6 heteroatoms. The average molecular weight is 248 g/mol. The molecule has 18 heavy (non-hydrogen) atoms. The number of aromatic carboxylic acids is 1. The van der Waals surface area contributed by atoms with E-state index in [1.807, 2.05) is 0 Å². The van der Waals surface area contributed by atoms with Gasteiger partial charge >= 0.3 is 5.97 Å². The van der Waals surface area contributed by atoms with E-state index in [1.54, 1.807) is 12.1 Å². The molecular formula is C12H12N2O4. The number of benzene rings is 1. The quantitative estimate of drug-likeness (QED) is 0.653. The molecule has 0 atom stereocenters. The van der Waals surface area contributed by atoms with Crippen LogP contribution in [0, 0.1) is 0 Å². The zero-order valence-electron chi connectivity index (χ0n) is 9.37. The van der Waals surface area contributed by atoms with E-state index in [0.29, 0.717) is 0 Å². The maximum atomic E-state index is 10.7. The minimum Gasteiger partial charge on any atom is -0.494 e. The lowest BCUT2D eigenvalue weighted by Crippen LogP contribution is -2.00. The van der Waals surface area contributed by atoms with Gasteiger partial charge in [0.15, 0.2) is 5.88 Å². The van der Waals surface area contributed by atoms with E-state index in [0.717, 1.165) is 5.56 Å². The summed E-state index contributed by atoms with van der Waals surface area (Å²) >= 11 is 0. The van der Waals surface area contributed by atoms with Crippen LogP contribution in [-0.2, 0) is 6.54 Å². The van der Waals surface area contributed by atoms with Crippen molar-refractivity contribution in [2.45, 2.75) is 6.54 Å². The molecule has 0 bridgehead atoms. The molecule has 1 heterocycles. The number of rotatable bonds is 3. The van der Waals surface area contributed by atoms with E-state index in [1.165, 1.54) is 22.8 Å². The van der Waals surface area contributed by atoms with E-state index >= 15 is 0 Å². The Labute approximate surface area is 103 Å². The Morgan fingerprint density at radius 2 is 1.83 bits per heavy atom. The van der Waals surface area contributed by atoms with Crippen LogP contribution in [0.1, 0.15) is 15.9 Å². The Kier molecular flexibility index (Phi) is 2.85. The standard InChI is InChI=1S/C12H12N2O4/c13-9-5-10(15)14(11(9)16)6-7-1-3-8(4-2-7)12(17)18/h1-5,15-16H,6,13H2,(H,17,18). The third kappa shape index (κ3) is 2.08. The van der Waals surface area contributed by atoms with Gasteiger partial charge in [0.1, 0.15) is 0 Å². The van der Waals surface area contributed by atoms with E-state index in [2.05, 4.69) is 0 Å². The number of hydrogen-bond acceptors (Lipinski definition) is 4. The first kappa shape index (κ1) is 11.8. The minimum absolute atomic E-state index is 0.0923. The van der Waals surface area contributed by atoms with Crippen molar-refractivity contribution in [2.24, 2.45) is 0 Å². The van der Waals surface area contributed by atoms with Gasteiger partial charge in [0.25, 0.3) is 0 Å². The molecular weight excluding hydrogens is 236 g/mol. The highest BCUT2D eigenvalue weighted by molar-refractivity contribution is 5.87. The van der Waals surface area contributed by atoms with Crippen LogP contribution in [0.15, 0.2) is 30.3 Å². The van der Waals surface area contributed by atoms with E-state index in [4.69, 9.17) is 10.8 Å². The molecule has 94 valence electrons. The molecule has 0 fully saturated rings. The fourth-order valence-electron chi connectivity index (χ4n) is 1.64. The number of aromatic nitrogens is 1.